The Kier molecular flexibility index (Phi) is 4.55. The summed E-state index contributed by atoms with van der Waals surface area (Å²) in [5.74, 6) is -0.264. The molecule has 0 aromatic carbocycles. The van der Waals surface area contributed by atoms with Crippen LogP contribution in [0.4, 0.5) is 0 Å². The molecule has 1 aliphatic carbocycles. The largest absolute Gasteiger partial charge is 0.469 e. The van der Waals surface area contributed by atoms with Gasteiger partial charge in [-0.1, -0.05) is 0 Å². The summed E-state index contributed by atoms with van der Waals surface area (Å²) < 4.78 is 4.49. The number of hydrogen-bond donors (Lipinski definition) is 2. The standard InChI is InChI=1S/C10H18N2O3/c1-7(10(14)12-8-3-4-8)11-6-5-9(13)15-2/h7-8,11H,3-6H2,1-2H3,(H,12,14). The van der Waals surface area contributed by atoms with Gasteiger partial charge in [0, 0.05) is 12.6 Å². The molecule has 1 saturated carbocycles. The Morgan fingerprint density at radius 2 is 2.13 bits per heavy atom. The predicted octanol–water partition coefficient (Wildman–Crippen LogP) is -0.194. The number of rotatable bonds is 6. The van der Waals surface area contributed by atoms with Crippen LogP contribution in [0.25, 0.3) is 0 Å². The molecular weight excluding hydrogens is 196 g/mol. The van der Waals surface area contributed by atoms with Gasteiger partial charge in [-0.3, -0.25) is 9.59 Å². The number of hydrogen-bond acceptors (Lipinski definition) is 4. The van der Waals surface area contributed by atoms with Gasteiger partial charge in [-0.15, -0.1) is 0 Å². The molecule has 0 bridgehead atoms. The van der Waals surface area contributed by atoms with E-state index in [1.807, 2.05) is 0 Å². The first kappa shape index (κ1) is 12.0. The zero-order valence-electron chi connectivity index (χ0n) is 9.21. The number of carbonyl (C=O) groups excluding carboxylic acids is 2. The Balaban J connectivity index is 2.08. The molecule has 2 N–H and O–H groups in total. The molecule has 0 heterocycles. The van der Waals surface area contributed by atoms with Crippen LogP contribution >= 0.6 is 0 Å². The van der Waals surface area contributed by atoms with Crippen LogP contribution in [0.2, 0.25) is 0 Å². The molecule has 1 aliphatic rings. The summed E-state index contributed by atoms with van der Waals surface area (Å²) >= 11 is 0. The third-order valence-corrected chi connectivity index (χ3v) is 2.32. The number of esters is 1. The first-order chi connectivity index (χ1) is 7.13. The molecule has 1 atom stereocenters. The summed E-state index contributed by atoms with van der Waals surface area (Å²) in [4.78, 5) is 22.2. The molecule has 0 radical (unpaired) electrons. The molecule has 0 saturated heterocycles. The van der Waals surface area contributed by atoms with Gasteiger partial charge in [-0.05, 0) is 19.8 Å². The van der Waals surface area contributed by atoms with E-state index in [9.17, 15) is 9.59 Å². The number of methoxy groups -OCH3 is 1. The Labute approximate surface area is 89.6 Å². The lowest BCUT2D eigenvalue weighted by Crippen LogP contribution is -2.43. The lowest BCUT2D eigenvalue weighted by Gasteiger charge is -2.12. The molecule has 0 aromatic heterocycles. The molecule has 1 rings (SSSR count). The lowest BCUT2D eigenvalue weighted by atomic mass is 10.3. The van der Waals surface area contributed by atoms with E-state index in [0.29, 0.717) is 12.6 Å². The highest BCUT2D eigenvalue weighted by Crippen LogP contribution is 2.18. The van der Waals surface area contributed by atoms with Crippen molar-refractivity contribution in [1.29, 1.82) is 0 Å². The molecule has 1 amide bonds. The molecule has 0 aliphatic heterocycles. The van der Waals surface area contributed by atoms with E-state index in [0.717, 1.165) is 12.8 Å². The van der Waals surface area contributed by atoms with E-state index in [2.05, 4.69) is 15.4 Å². The third kappa shape index (κ3) is 4.78. The topological polar surface area (TPSA) is 67.4 Å². The first-order valence-electron chi connectivity index (χ1n) is 5.24. The van der Waals surface area contributed by atoms with Crippen molar-refractivity contribution < 1.29 is 14.3 Å². The minimum Gasteiger partial charge on any atom is -0.469 e. The molecule has 0 spiro atoms. The monoisotopic (exact) mass is 214 g/mol. The molecule has 5 nitrogen and oxygen atoms in total. The van der Waals surface area contributed by atoms with Crippen molar-refractivity contribution in [2.45, 2.75) is 38.3 Å². The van der Waals surface area contributed by atoms with Crippen molar-refractivity contribution in [3.63, 3.8) is 0 Å². The van der Waals surface area contributed by atoms with Crippen LogP contribution in [-0.2, 0) is 14.3 Å². The highest BCUT2D eigenvalue weighted by Gasteiger charge is 2.25. The Morgan fingerprint density at radius 1 is 1.47 bits per heavy atom. The van der Waals surface area contributed by atoms with Gasteiger partial charge < -0.3 is 15.4 Å². The lowest BCUT2D eigenvalue weighted by molar-refractivity contribution is -0.140. The highest BCUT2D eigenvalue weighted by atomic mass is 16.5. The maximum Gasteiger partial charge on any atom is 0.306 e. The molecule has 1 fully saturated rings. The summed E-state index contributed by atoms with van der Waals surface area (Å²) in [6.07, 6.45) is 2.46. The minimum absolute atomic E-state index is 0.00219. The third-order valence-electron chi connectivity index (χ3n) is 2.32. The fraction of sp³-hybridized carbons (Fsp3) is 0.800. The van der Waals surface area contributed by atoms with Crippen molar-refractivity contribution >= 4 is 11.9 Å². The second-order valence-corrected chi connectivity index (χ2v) is 3.78. The van der Waals surface area contributed by atoms with Crippen molar-refractivity contribution in [1.82, 2.24) is 10.6 Å². The zero-order valence-corrected chi connectivity index (χ0v) is 9.21. The van der Waals surface area contributed by atoms with Crippen LogP contribution in [0.5, 0.6) is 0 Å². The van der Waals surface area contributed by atoms with Crippen molar-refractivity contribution in [2.24, 2.45) is 0 Å². The summed E-state index contributed by atoms with van der Waals surface area (Å²) in [5, 5.41) is 5.86. The van der Waals surface area contributed by atoms with E-state index >= 15 is 0 Å². The number of carbonyl (C=O) groups is 2. The summed E-state index contributed by atoms with van der Waals surface area (Å²) in [5.41, 5.74) is 0. The van der Waals surface area contributed by atoms with Gasteiger partial charge in [-0.25, -0.2) is 0 Å². The Hall–Kier alpha value is -1.10. The van der Waals surface area contributed by atoms with Crippen LogP contribution in [0, 0.1) is 0 Å². The minimum atomic E-state index is -0.266. The van der Waals surface area contributed by atoms with Gasteiger partial charge in [-0.2, -0.15) is 0 Å². The molecule has 0 aromatic rings. The molecule has 1 unspecified atom stereocenters. The quantitative estimate of drug-likeness (QED) is 0.601. The average Bonchev–Trinajstić information content (AvgIpc) is 3.01. The SMILES string of the molecule is COC(=O)CCNC(C)C(=O)NC1CC1. The van der Waals surface area contributed by atoms with Gasteiger partial charge in [0.2, 0.25) is 5.91 Å². The average molecular weight is 214 g/mol. The smallest absolute Gasteiger partial charge is 0.306 e. The van der Waals surface area contributed by atoms with Crippen LogP contribution in [0.3, 0.4) is 0 Å². The van der Waals surface area contributed by atoms with Crippen molar-refractivity contribution in [3.8, 4) is 0 Å². The summed E-state index contributed by atoms with van der Waals surface area (Å²) in [7, 11) is 1.35. The normalized spacial score (nSPS) is 16.9. The maximum atomic E-state index is 11.4. The van der Waals surface area contributed by atoms with E-state index in [1.165, 1.54) is 7.11 Å². The number of nitrogens with one attached hydrogen (secondary N) is 2. The van der Waals surface area contributed by atoms with E-state index < -0.39 is 0 Å². The second kappa shape index (κ2) is 5.70. The molecular formula is C10H18N2O3. The zero-order chi connectivity index (χ0) is 11.3. The van der Waals surface area contributed by atoms with E-state index in [1.54, 1.807) is 6.92 Å². The fourth-order valence-corrected chi connectivity index (χ4v) is 1.14. The van der Waals surface area contributed by atoms with Gasteiger partial charge in [0.05, 0.1) is 19.6 Å². The van der Waals surface area contributed by atoms with Crippen molar-refractivity contribution in [3.05, 3.63) is 0 Å². The maximum absolute atomic E-state index is 11.4. The van der Waals surface area contributed by atoms with Crippen LogP contribution in [0.15, 0.2) is 0 Å². The summed E-state index contributed by atoms with van der Waals surface area (Å²) in [6.45, 7) is 2.25. The fourth-order valence-electron chi connectivity index (χ4n) is 1.14. The Bertz CT molecular complexity index is 239. The predicted molar refractivity (Wildman–Crippen MR) is 55.3 cm³/mol. The molecule has 15 heavy (non-hydrogen) atoms. The highest BCUT2D eigenvalue weighted by molar-refractivity contribution is 5.81. The molecule has 5 heteroatoms. The van der Waals surface area contributed by atoms with Gasteiger partial charge in [0.25, 0.3) is 0 Å². The number of ether oxygens (including phenoxy) is 1. The van der Waals surface area contributed by atoms with Crippen LogP contribution < -0.4 is 10.6 Å². The van der Waals surface area contributed by atoms with E-state index in [-0.39, 0.29) is 24.3 Å². The van der Waals surface area contributed by atoms with Gasteiger partial charge in [0.1, 0.15) is 0 Å². The Morgan fingerprint density at radius 3 is 2.67 bits per heavy atom. The second-order valence-electron chi connectivity index (χ2n) is 3.78. The number of amides is 1. The molecule has 86 valence electrons. The van der Waals surface area contributed by atoms with Crippen LogP contribution in [-0.4, -0.2) is 37.6 Å². The van der Waals surface area contributed by atoms with E-state index in [4.69, 9.17) is 0 Å². The van der Waals surface area contributed by atoms with Gasteiger partial charge in [0.15, 0.2) is 0 Å². The van der Waals surface area contributed by atoms with Crippen molar-refractivity contribution in [2.75, 3.05) is 13.7 Å². The first-order valence-corrected chi connectivity index (χ1v) is 5.24. The van der Waals surface area contributed by atoms with Crippen LogP contribution in [0.1, 0.15) is 26.2 Å². The summed E-state index contributed by atoms with van der Waals surface area (Å²) in [6, 6.07) is 0.123. The van der Waals surface area contributed by atoms with Gasteiger partial charge >= 0.3 is 5.97 Å².